The molecule has 1 aromatic heterocycles. The lowest BCUT2D eigenvalue weighted by Crippen LogP contribution is -2.58. The Morgan fingerprint density at radius 1 is 1.04 bits per heavy atom. The fourth-order valence-corrected chi connectivity index (χ4v) is 3.80. The Kier molecular flexibility index (Phi) is 4.21. The van der Waals surface area contributed by atoms with E-state index >= 15 is 0 Å². The van der Waals surface area contributed by atoms with Crippen molar-refractivity contribution in [2.24, 2.45) is 0 Å². The molecule has 1 aromatic carbocycles. The number of rotatable bonds is 3. The van der Waals surface area contributed by atoms with Gasteiger partial charge in [0.1, 0.15) is 11.5 Å². The van der Waals surface area contributed by atoms with Crippen LogP contribution in [-0.4, -0.2) is 48.7 Å². The second kappa shape index (κ2) is 6.48. The molecule has 23 heavy (non-hydrogen) atoms. The number of nitrogens with zero attached hydrogens (tertiary/aromatic N) is 2. The number of piperazine rings is 1. The molecule has 0 unspecified atom stereocenters. The summed E-state index contributed by atoms with van der Waals surface area (Å²) in [6, 6.07) is 15.7. The van der Waals surface area contributed by atoms with Crippen molar-refractivity contribution in [2.45, 2.75) is 25.6 Å². The molecule has 0 bridgehead atoms. The Hall–Kier alpha value is -1.62. The standard InChI is InChI=1S/C19H24N2O2/c1-15-7-8-18(23-15)12-20-9-10-21-17(11-20)13-22-14-19(21)16-5-3-2-4-6-16/h2-8,17,19H,9-14H2,1H3/t17-,19-/m1/s1. The van der Waals surface area contributed by atoms with Crippen molar-refractivity contribution in [2.75, 3.05) is 32.8 Å². The third kappa shape index (κ3) is 3.20. The molecule has 0 amide bonds. The monoisotopic (exact) mass is 312 g/mol. The summed E-state index contributed by atoms with van der Waals surface area (Å²) in [5.74, 6) is 2.05. The Balaban J connectivity index is 1.44. The van der Waals surface area contributed by atoms with Gasteiger partial charge in [0.05, 0.1) is 25.8 Å². The maximum absolute atomic E-state index is 5.92. The quantitative estimate of drug-likeness (QED) is 0.871. The molecular formula is C19H24N2O2. The first-order valence-electron chi connectivity index (χ1n) is 8.46. The molecule has 2 atom stereocenters. The van der Waals surface area contributed by atoms with Gasteiger partial charge in [-0.3, -0.25) is 9.80 Å². The van der Waals surface area contributed by atoms with E-state index in [9.17, 15) is 0 Å². The largest absolute Gasteiger partial charge is 0.465 e. The van der Waals surface area contributed by atoms with E-state index in [2.05, 4.69) is 46.2 Å². The molecule has 0 spiro atoms. The van der Waals surface area contributed by atoms with E-state index < -0.39 is 0 Å². The highest BCUT2D eigenvalue weighted by atomic mass is 16.5. The molecule has 4 heteroatoms. The zero-order valence-electron chi connectivity index (χ0n) is 13.6. The summed E-state index contributed by atoms with van der Waals surface area (Å²) in [5.41, 5.74) is 1.37. The van der Waals surface area contributed by atoms with Gasteiger partial charge < -0.3 is 9.15 Å². The van der Waals surface area contributed by atoms with Crippen LogP contribution in [0.15, 0.2) is 46.9 Å². The highest BCUT2D eigenvalue weighted by Gasteiger charge is 2.36. The van der Waals surface area contributed by atoms with Gasteiger partial charge in [-0.1, -0.05) is 30.3 Å². The van der Waals surface area contributed by atoms with E-state index in [-0.39, 0.29) is 0 Å². The summed E-state index contributed by atoms with van der Waals surface area (Å²) in [6.07, 6.45) is 0. The minimum atomic E-state index is 0.392. The van der Waals surface area contributed by atoms with Crippen molar-refractivity contribution in [1.29, 1.82) is 0 Å². The maximum atomic E-state index is 5.92. The van der Waals surface area contributed by atoms with E-state index in [1.165, 1.54) is 5.56 Å². The number of benzene rings is 1. The predicted octanol–water partition coefficient (Wildman–Crippen LogP) is 2.85. The lowest BCUT2D eigenvalue weighted by atomic mass is 10.00. The lowest BCUT2D eigenvalue weighted by Gasteiger charge is -2.48. The number of aryl methyl sites for hydroxylation is 1. The highest BCUT2D eigenvalue weighted by molar-refractivity contribution is 5.20. The van der Waals surface area contributed by atoms with Crippen molar-refractivity contribution in [3.8, 4) is 0 Å². The predicted molar refractivity (Wildman–Crippen MR) is 89.2 cm³/mol. The topological polar surface area (TPSA) is 28.9 Å². The van der Waals surface area contributed by atoms with E-state index in [1.807, 2.05) is 13.0 Å². The average Bonchev–Trinajstić information content (AvgIpc) is 3.00. The molecule has 2 aromatic rings. The molecule has 2 fully saturated rings. The van der Waals surface area contributed by atoms with Gasteiger partial charge in [0, 0.05) is 25.7 Å². The van der Waals surface area contributed by atoms with Crippen LogP contribution in [0.4, 0.5) is 0 Å². The van der Waals surface area contributed by atoms with Crippen LogP contribution in [-0.2, 0) is 11.3 Å². The molecule has 0 aliphatic carbocycles. The number of furan rings is 1. The average molecular weight is 312 g/mol. The SMILES string of the molecule is Cc1ccc(CN2CCN3[C@@H](COC[C@@H]3c3ccccc3)C2)o1. The number of hydrogen-bond acceptors (Lipinski definition) is 4. The molecule has 4 rings (SSSR count). The zero-order valence-corrected chi connectivity index (χ0v) is 13.6. The van der Waals surface area contributed by atoms with Crippen LogP contribution in [0.25, 0.3) is 0 Å². The zero-order chi connectivity index (χ0) is 15.6. The number of fused-ring (bicyclic) bond motifs is 1. The third-order valence-corrected chi connectivity index (χ3v) is 4.96. The fraction of sp³-hybridized carbons (Fsp3) is 0.474. The van der Waals surface area contributed by atoms with Crippen LogP contribution >= 0.6 is 0 Å². The van der Waals surface area contributed by atoms with Gasteiger partial charge >= 0.3 is 0 Å². The van der Waals surface area contributed by atoms with Crippen LogP contribution in [0.5, 0.6) is 0 Å². The van der Waals surface area contributed by atoms with Gasteiger partial charge in [0.2, 0.25) is 0 Å². The van der Waals surface area contributed by atoms with Gasteiger partial charge in [-0.2, -0.15) is 0 Å². The summed E-state index contributed by atoms with van der Waals surface area (Å²) in [4.78, 5) is 5.11. The van der Waals surface area contributed by atoms with Crippen LogP contribution in [0.1, 0.15) is 23.1 Å². The first-order chi connectivity index (χ1) is 11.3. The summed E-state index contributed by atoms with van der Waals surface area (Å²) >= 11 is 0. The molecular weight excluding hydrogens is 288 g/mol. The van der Waals surface area contributed by atoms with Crippen molar-refractivity contribution in [3.05, 3.63) is 59.5 Å². The highest BCUT2D eigenvalue weighted by Crippen LogP contribution is 2.30. The molecule has 0 saturated carbocycles. The number of morpholine rings is 1. The Morgan fingerprint density at radius 2 is 1.91 bits per heavy atom. The second-order valence-corrected chi connectivity index (χ2v) is 6.60. The van der Waals surface area contributed by atoms with Gasteiger partial charge in [-0.05, 0) is 24.6 Å². The summed E-state index contributed by atoms with van der Waals surface area (Å²) in [6.45, 7) is 7.75. The van der Waals surface area contributed by atoms with Crippen molar-refractivity contribution >= 4 is 0 Å². The molecule has 2 saturated heterocycles. The van der Waals surface area contributed by atoms with Crippen LogP contribution < -0.4 is 0 Å². The van der Waals surface area contributed by atoms with E-state index in [0.29, 0.717) is 12.1 Å². The van der Waals surface area contributed by atoms with Crippen LogP contribution in [0, 0.1) is 6.92 Å². The fourth-order valence-electron chi connectivity index (χ4n) is 3.80. The maximum Gasteiger partial charge on any atom is 0.118 e. The van der Waals surface area contributed by atoms with Crippen molar-refractivity contribution in [1.82, 2.24) is 9.80 Å². The first kappa shape index (κ1) is 14.9. The number of hydrogen-bond donors (Lipinski definition) is 0. The van der Waals surface area contributed by atoms with E-state index in [4.69, 9.17) is 9.15 Å². The van der Waals surface area contributed by atoms with Gasteiger partial charge in [-0.15, -0.1) is 0 Å². The van der Waals surface area contributed by atoms with Gasteiger partial charge in [0.15, 0.2) is 0 Å². The van der Waals surface area contributed by atoms with Crippen molar-refractivity contribution in [3.63, 3.8) is 0 Å². The van der Waals surface area contributed by atoms with Crippen LogP contribution in [0.3, 0.4) is 0 Å². The Bertz CT molecular complexity index is 640. The molecule has 0 N–H and O–H groups in total. The Morgan fingerprint density at radius 3 is 2.70 bits per heavy atom. The molecule has 122 valence electrons. The normalized spacial score (nSPS) is 26.1. The molecule has 3 heterocycles. The summed E-state index contributed by atoms with van der Waals surface area (Å²) < 4.78 is 11.6. The van der Waals surface area contributed by atoms with Crippen molar-refractivity contribution < 1.29 is 9.15 Å². The van der Waals surface area contributed by atoms with Gasteiger partial charge in [0.25, 0.3) is 0 Å². The minimum Gasteiger partial charge on any atom is -0.465 e. The Labute approximate surface area is 137 Å². The lowest BCUT2D eigenvalue weighted by molar-refractivity contribution is -0.0842. The van der Waals surface area contributed by atoms with E-state index in [1.54, 1.807) is 0 Å². The first-order valence-corrected chi connectivity index (χ1v) is 8.46. The molecule has 2 aliphatic heterocycles. The van der Waals surface area contributed by atoms with Gasteiger partial charge in [-0.25, -0.2) is 0 Å². The van der Waals surface area contributed by atoms with E-state index in [0.717, 1.165) is 50.9 Å². The number of ether oxygens (including phenoxy) is 1. The molecule has 4 nitrogen and oxygen atoms in total. The molecule has 2 aliphatic rings. The third-order valence-electron chi connectivity index (χ3n) is 4.96. The minimum absolute atomic E-state index is 0.392. The second-order valence-electron chi connectivity index (χ2n) is 6.60. The summed E-state index contributed by atoms with van der Waals surface area (Å²) in [5, 5.41) is 0. The van der Waals surface area contributed by atoms with Crippen LogP contribution in [0.2, 0.25) is 0 Å². The smallest absolute Gasteiger partial charge is 0.118 e. The molecule has 0 radical (unpaired) electrons. The summed E-state index contributed by atoms with van der Waals surface area (Å²) in [7, 11) is 0.